The molecule has 0 fully saturated rings. The van der Waals surface area contributed by atoms with Crippen LogP contribution in [0.5, 0.6) is 0 Å². The number of halogens is 1. The normalized spacial score (nSPS) is 10.5. The van der Waals surface area contributed by atoms with E-state index < -0.39 is 5.97 Å². The summed E-state index contributed by atoms with van der Waals surface area (Å²) in [5.41, 5.74) is 0.490. The first-order chi connectivity index (χ1) is 7.24. The van der Waals surface area contributed by atoms with Gasteiger partial charge in [0.15, 0.2) is 5.65 Å². The highest BCUT2D eigenvalue weighted by Crippen LogP contribution is 2.13. The maximum atomic E-state index is 10.9. The first-order valence-corrected chi connectivity index (χ1v) is 5.62. The van der Waals surface area contributed by atoms with Gasteiger partial charge < -0.3 is 10.4 Å². The van der Waals surface area contributed by atoms with Crippen LogP contribution in [0.2, 0.25) is 0 Å². The summed E-state index contributed by atoms with van der Waals surface area (Å²) in [5.74, 6) is -0.323. The third-order valence-electron chi connectivity index (χ3n) is 1.88. The monoisotopic (exact) mass is 318 g/mol. The van der Waals surface area contributed by atoms with E-state index in [1.54, 1.807) is 6.20 Å². The molecule has 0 spiro atoms. The van der Waals surface area contributed by atoms with Gasteiger partial charge in [-0.1, -0.05) is 22.6 Å². The van der Waals surface area contributed by atoms with Gasteiger partial charge in [0, 0.05) is 6.20 Å². The van der Waals surface area contributed by atoms with Crippen molar-refractivity contribution < 1.29 is 9.90 Å². The summed E-state index contributed by atoms with van der Waals surface area (Å²) in [4.78, 5) is 14.9. The van der Waals surface area contributed by atoms with Crippen LogP contribution in [0.15, 0.2) is 18.5 Å². The molecule has 0 aromatic carbocycles. The zero-order chi connectivity index (χ0) is 10.8. The number of anilines is 1. The van der Waals surface area contributed by atoms with Crippen LogP contribution in [0.3, 0.4) is 0 Å². The second kappa shape index (κ2) is 4.01. The minimum Gasteiger partial charge on any atom is -0.478 e. The van der Waals surface area contributed by atoms with E-state index in [2.05, 4.69) is 38.0 Å². The lowest BCUT2D eigenvalue weighted by atomic mass is 10.3. The number of carboxylic acids is 1. The van der Waals surface area contributed by atoms with Crippen molar-refractivity contribution >= 4 is 40.0 Å². The van der Waals surface area contributed by atoms with Crippen molar-refractivity contribution in [2.24, 2.45) is 0 Å². The number of hydrogen-bond acceptors (Lipinski definition) is 4. The molecule has 2 aromatic rings. The highest BCUT2D eigenvalue weighted by Gasteiger charge is 2.12. The van der Waals surface area contributed by atoms with Crippen molar-refractivity contribution in [2.45, 2.75) is 0 Å². The fourth-order valence-corrected chi connectivity index (χ4v) is 1.64. The first kappa shape index (κ1) is 10.1. The zero-order valence-electron chi connectivity index (χ0n) is 7.51. The highest BCUT2D eigenvalue weighted by molar-refractivity contribution is 14.1. The van der Waals surface area contributed by atoms with E-state index in [1.807, 2.05) is 0 Å². The topological polar surface area (TPSA) is 79.5 Å². The van der Waals surface area contributed by atoms with Crippen molar-refractivity contribution in [3.63, 3.8) is 0 Å². The maximum absolute atomic E-state index is 10.9. The molecule has 0 saturated carbocycles. The van der Waals surface area contributed by atoms with E-state index in [9.17, 15) is 4.79 Å². The predicted octanol–water partition coefficient (Wildman–Crippen LogP) is 1.23. The Morgan fingerprint density at radius 2 is 2.47 bits per heavy atom. The average Bonchev–Trinajstić information content (AvgIpc) is 2.62. The molecule has 6 nitrogen and oxygen atoms in total. The summed E-state index contributed by atoms with van der Waals surface area (Å²) in [7, 11) is 0. The molecule has 2 rings (SSSR count). The van der Waals surface area contributed by atoms with Crippen molar-refractivity contribution in [3.8, 4) is 0 Å². The van der Waals surface area contributed by atoms with Crippen LogP contribution in [0.25, 0.3) is 5.65 Å². The smallest absolute Gasteiger partial charge is 0.339 e. The molecule has 7 heteroatoms. The molecule has 2 heterocycles. The lowest BCUT2D eigenvalue weighted by molar-refractivity contribution is 0.0698. The van der Waals surface area contributed by atoms with E-state index >= 15 is 0 Å². The lowest BCUT2D eigenvalue weighted by Crippen LogP contribution is -2.05. The summed E-state index contributed by atoms with van der Waals surface area (Å²) in [6.07, 6.45) is 3.00. The van der Waals surface area contributed by atoms with Gasteiger partial charge in [0.25, 0.3) is 0 Å². The van der Waals surface area contributed by atoms with Crippen molar-refractivity contribution in [2.75, 3.05) is 9.87 Å². The molecule has 78 valence electrons. The SMILES string of the molecule is O=C(O)c1ccnn2c(NCI)cnc12. The number of fused-ring (bicyclic) bond motifs is 1. The average molecular weight is 318 g/mol. The Morgan fingerprint density at radius 1 is 1.67 bits per heavy atom. The van der Waals surface area contributed by atoms with Gasteiger partial charge in [-0.25, -0.2) is 9.78 Å². The minimum absolute atomic E-state index is 0.145. The Hall–Kier alpha value is -1.38. The molecule has 2 N–H and O–H groups in total. The molecule has 0 bridgehead atoms. The number of aromatic nitrogens is 3. The molecule has 0 aliphatic heterocycles. The van der Waals surface area contributed by atoms with Gasteiger partial charge in [0.1, 0.15) is 11.4 Å². The van der Waals surface area contributed by atoms with Gasteiger partial charge in [-0.05, 0) is 6.07 Å². The number of carbonyl (C=O) groups is 1. The summed E-state index contributed by atoms with van der Waals surface area (Å²) < 4.78 is 2.17. The standard InChI is InChI=1S/C8H7IN4O2/c9-4-11-6-3-10-7-5(8(14)15)1-2-12-13(6)7/h1-3,11H,4H2,(H,14,15). The quantitative estimate of drug-likeness (QED) is 0.505. The van der Waals surface area contributed by atoms with Crippen molar-refractivity contribution in [3.05, 3.63) is 24.0 Å². The number of hydrogen-bond donors (Lipinski definition) is 2. The number of aromatic carboxylic acids is 1. The summed E-state index contributed by atoms with van der Waals surface area (Å²) in [5, 5.41) is 16.0. The zero-order valence-corrected chi connectivity index (χ0v) is 9.67. The van der Waals surface area contributed by atoms with E-state index in [1.165, 1.54) is 16.8 Å². The second-order valence-corrected chi connectivity index (χ2v) is 3.50. The predicted molar refractivity (Wildman–Crippen MR) is 62.5 cm³/mol. The van der Waals surface area contributed by atoms with Gasteiger partial charge in [-0.3, -0.25) is 0 Å². The van der Waals surface area contributed by atoms with Gasteiger partial charge in [0.05, 0.1) is 10.7 Å². The summed E-state index contributed by atoms with van der Waals surface area (Å²) in [6, 6.07) is 1.43. The Labute approximate surface area is 98.5 Å². The van der Waals surface area contributed by atoms with E-state index in [4.69, 9.17) is 5.11 Å². The first-order valence-electron chi connectivity index (χ1n) is 4.10. The number of imidazole rings is 1. The van der Waals surface area contributed by atoms with Gasteiger partial charge in [-0.15, -0.1) is 0 Å². The Balaban J connectivity index is 2.63. The number of nitrogens with one attached hydrogen (secondary N) is 1. The van der Waals surface area contributed by atoms with Gasteiger partial charge in [0.2, 0.25) is 0 Å². The summed E-state index contributed by atoms with van der Waals surface area (Å²) >= 11 is 2.15. The third kappa shape index (κ3) is 1.74. The second-order valence-electron chi connectivity index (χ2n) is 2.74. The molecule has 0 aliphatic carbocycles. The third-order valence-corrected chi connectivity index (χ3v) is 2.26. The summed E-state index contributed by atoms with van der Waals surface area (Å²) in [6.45, 7) is 0. The lowest BCUT2D eigenvalue weighted by Gasteiger charge is -2.01. The van der Waals surface area contributed by atoms with Crippen molar-refractivity contribution in [1.82, 2.24) is 14.6 Å². The van der Waals surface area contributed by atoms with Crippen LogP contribution in [0.4, 0.5) is 5.82 Å². The van der Waals surface area contributed by atoms with Gasteiger partial charge in [-0.2, -0.15) is 9.61 Å². The van der Waals surface area contributed by atoms with Crippen LogP contribution >= 0.6 is 22.6 Å². The van der Waals surface area contributed by atoms with E-state index in [0.29, 0.717) is 16.0 Å². The number of nitrogens with zero attached hydrogens (tertiary/aromatic N) is 3. The van der Waals surface area contributed by atoms with E-state index in [-0.39, 0.29) is 5.56 Å². The van der Waals surface area contributed by atoms with Crippen LogP contribution in [0, 0.1) is 0 Å². The maximum Gasteiger partial charge on any atom is 0.339 e. The molecular weight excluding hydrogens is 311 g/mol. The van der Waals surface area contributed by atoms with Gasteiger partial charge >= 0.3 is 5.97 Å². The Bertz CT molecular complexity index is 510. The molecule has 15 heavy (non-hydrogen) atoms. The number of rotatable bonds is 3. The minimum atomic E-state index is -1.01. The molecule has 2 aromatic heterocycles. The van der Waals surface area contributed by atoms with Crippen LogP contribution in [0.1, 0.15) is 10.4 Å². The molecule has 0 amide bonds. The fraction of sp³-hybridized carbons (Fsp3) is 0.125. The van der Waals surface area contributed by atoms with Crippen LogP contribution in [-0.2, 0) is 0 Å². The van der Waals surface area contributed by atoms with E-state index in [0.717, 1.165) is 0 Å². The Morgan fingerprint density at radius 3 is 3.13 bits per heavy atom. The molecule has 0 atom stereocenters. The molecular formula is C8H7IN4O2. The number of carboxylic acid groups (broad SMARTS) is 1. The van der Waals surface area contributed by atoms with Crippen molar-refractivity contribution in [1.29, 1.82) is 0 Å². The molecule has 0 aliphatic rings. The van der Waals surface area contributed by atoms with Crippen LogP contribution < -0.4 is 5.32 Å². The fourth-order valence-electron chi connectivity index (χ4n) is 1.25. The highest BCUT2D eigenvalue weighted by atomic mass is 127. The number of alkyl halides is 1. The molecule has 0 saturated heterocycles. The molecule has 0 radical (unpaired) electrons. The Kier molecular flexibility index (Phi) is 2.71. The largest absolute Gasteiger partial charge is 0.478 e. The molecule has 0 unspecified atom stereocenters. The van der Waals surface area contributed by atoms with Crippen LogP contribution in [-0.4, -0.2) is 30.2 Å².